The molecule has 0 bridgehead atoms. The minimum absolute atomic E-state index is 0.0777. The second kappa shape index (κ2) is 4.51. The van der Waals surface area contributed by atoms with Crippen molar-refractivity contribution in [1.82, 2.24) is 0 Å². The van der Waals surface area contributed by atoms with Crippen LogP contribution in [0.2, 0.25) is 0 Å². The average molecular weight is 224 g/mol. The van der Waals surface area contributed by atoms with E-state index in [9.17, 15) is 0 Å². The largest absolute Gasteiger partial charge is 0.364 e. The zero-order chi connectivity index (χ0) is 11.6. The van der Waals surface area contributed by atoms with Gasteiger partial charge in [-0.2, -0.15) is 0 Å². The fourth-order valence-corrected chi connectivity index (χ4v) is 1.54. The van der Waals surface area contributed by atoms with Gasteiger partial charge in [0.15, 0.2) is 0 Å². The molecule has 0 aromatic heterocycles. The maximum atomic E-state index is 8.78. The molecule has 1 aromatic carbocycles. The summed E-state index contributed by atoms with van der Waals surface area (Å²) >= 11 is 0. The fraction of sp³-hybridized carbons (Fsp3) is 0.500. The molecule has 2 unspecified atom stereocenters. The van der Waals surface area contributed by atoms with E-state index >= 15 is 0 Å². The second-order valence-corrected chi connectivity index (χ2v) is 4.39. The lowest BCUT2D eigenvalue weighted by Gasteiger charge is -2.14. The standard InChI is InChI=1S/C12H16O4/c1-12(2)10(15-12)8-14-11(16-13)9-6-4-3-5-7-9/h3-7,10-11,13H,8H2,1-2H3. The summed E-state index contributed by atoms with van der Waals surface area (Å²) in [4.78, 5) is 4.30. The molecule has 88 valence electrons. The van der Waals surface area contributed by atoms with Crippen LogP contribution in [0.4, 0.5) is 0 Å². The zero-order valence-corrected chi connectivity index (χ0v) is 9.42. The van der Waals surface area contributed by atoms with Crippen molar-refractivity contribution in [3.05, 3.63) is 35.9 Å². The van der Waals surface area contributed by atoms with Gasteiger partial charge in [-0.05, 0) is 13.8 Å². The van der Waals surface area contributed by atoms with Crippen LogP contribution in [0.3, 0.4) is 0 Å². The lowest BCUT2D eigenvalue weighted by atomic mass is 10.1. The van der Waals surface area contributed by atoms with E-state index in [0.717, 1.165) is 5.56 Å². The summed E-state index contributed by atoms with van der Waals surface area (Å²) in [6, 6.07) is 9.29. The van der Waals surface area contributed by atoms with Crippen molar-refractivity contribution >= 4 is 0 Å². The number of ether oxygens (including phenoxy) is 2. The Bertz CT molecular complexity index is 336. The molecule has 16 heavy (non-hydrogen) atoms. The first-order valence-corrected chi connectivity index (χ1v) is 5.28. The van der Waals surface area contributed by atoms with Gasteiger partial charge >= 0.3 is 0 Å². The molecule has 0 amide bonds. The van der Waals surface area contributed by atoms with Crippen LogP contribution in [-0.2, 0) is 14.4 Å². The van der Waals surface area contributed by atoms with E-state index in [4.69, 9.17) is 14.7 Å². The average Bonchev–Trinajstić information content (AvgIpc) is 2.89. The van der Waals surface area contributed by atoms with E-state index in [-0.39, 0.29) is 11.7 Å². The van der Waals surface area contributed by atoms with Gasteiger partial charge < -0.3 is 9.47 Å². The normalized spacial score (nSPS) is 24.1. The van der Waals surface area contributed by atoms with Crippen LogP contribution in [0.5, 0.6) is 0 Å². The van der Waals surface area contributed by atoms with Crippen molar-refractivity contribution in [2.24, 2.45) is 0 Å². The number of hydrogen-bond donors (Lipinski definition) is 1. The highest BCUT2D eigenvalue weighted by molar-refractivity contribution is 5.15. The van der Waals surface area contributed by atoms with Crippen LogP contribution >= 0.6 is 0 Å². The van der Waals surface area contributed by atoms with Crippen molar-refractivity contribution in [1.29, 1.82) is 0 Å². The summed E-state index contributed by atoms with van der Waals surface area (Å²) in [5, 5.41) is 8.78. The molecule has 1 fully saturated rings. The minimum atomic E-state index is -0.749. The van der Waals surface area contributed by atoms with Crippen molar-refractivity contribution in [2.75, 3.05) is 6.61 Å². The summed E-state index contributed by atoms with van der Waals surface area (Å²) in [7, 11) is 0. The minimum Gasteiger partial charge on any atom is -0.364 e. The summed E-state index contributed by atoms with van der Waals surface area (Å²) in [5.74, 6) is 0. The molecule has 1 aliphatic heterocycles. The summed E-state index contributed by atoms with van der Waals surface area (Å²) in [6.45, 7) is 4.41. The predicted octanol–water partition coefficient (Wildman–Crippen LogP) is 2.37. The lowest BCUT2D eigenvalue weighted by Crippen LogP contribution is -2.14. The summed E-state index contributed by atoms with van der Waals surface area (Å²) in [5.41, 5.74) is 0.667. The molecule has 1 N–H and O–H groups in total. The molecule has 0 saturated carbocycles. The first-order chi connectivity index (χ1) is 7.63. The van der Waals surface area contributed by atoms with E-state index in [0.29, 0.717) is 6.61 Å². The first kappa shape index (κ1) is 11.5. The molecule has 2 atom stereocenters. The molecule has 4 nitrogen and oxygen atoms in total. The van der Waals surface area contributed by atoms with Gasteiger partial charge in [-0.15, -0.1) is 0 Å². The molecular weight excluding hydrogens is 208 g/mol. The highest BCUT2D eigenvalue weighted by atomic mass is 17.1. The highest BCUT2D eigenvalue weighted by Gasteiger charge is 2.48. The van der Waals surface area contributed by atoms with Gasteiger partial charge in [0.05, 0.1) is 12.2 Å². The van der Waals surface area contributed by atoms with E-state index in [1.165, 1.54) is 0 Å². The van der Waals surface area contributed by atoms with Crippen LogP contribution in [0, 0.1) is 0 Å². The Hall–Kier alpha value is -0.940. The Kier molecular flexibility index (Phi) is 3.25. The Labute approximate surface area is 94.7 Å². The van der Waals surface area contributed by atoms with Gasteiger partial charge in [-0.1, -0.05) is 30.3 Å². The van der Waals surface area contributed by atoms with E-state index < -0.39 is 6.29 Å². The Morgan fingerprint density at radius 3 is 2.50 bits per heavy atom. The molecular formula is C12H16O4. The number of hydrogen-bond acceptors (Lipinski definition) is 4. The molecule has 0 spiro atoms. The van der Waals surface area contributed by atoms with Gasteiger partial charge in [0, 0.05) is 5.56 Å². The predicted molar refractivity (Wildman–Crippen MR) is 57.8 cm³/mol. The maximum Gasteiger partial charge on any atom is 0.217 e. The lowest BCUT2D eigenvalue weighted by molar-refractivity contribution is -0.351. The van der Waals surface area contributed by atoms with Crippen molar-refractivity contribution in [2.45, 2.75) is 31.8 Å². The highest BCUT2D eigenvalue weighted by Crippen LogP contribution is 2.36. The molecule has 0 aliphatic carbocycles. The fourth-order valence-electron chi connectivity index (χ4n) is 1.54. The Morgan fingerprint density at radius 2 is 2.00 bits per heavy atom. The third-order valence-corrected chi connectivity index (χ3v) is 2.73. The molecule has 2 rings (SSSR count). The van der Waals surface area contributed by atoms with Gasteiger partial charge in [-0.25, -0.2) is 10.1 Å². The number of epoxide rings is 1. The second-order valence-electron chi connectivity index (χ2n) is 4.39. The Morgan fingerprint density at radius 1 is 1.38 bits per heavy atom. The maximum absolute atomic E-state index is 8.78. The summed E-state index contributed by atoms with van der Waals surface area (Å²) < 4.78 is 10.8. The zero-order valence-electron chi connectivity index (χ0n) is 9.42. The van der Waals surface area contributed by atoms with E-state index in [1.54, 1.807) is 0 Å². The quantitative estimate of drug-likeness (QED) is 0.361. The van der Waals surface area contributed by atoms with Gasteiger partial charge in [0.1, 0.15) is 6.10 Å². The van der Waals surface area contributed by atoms with Crippen molar-refractivity contribution in [3.63, 3.8) is 0 Å². The third kappa shape index (κ3) is 2.59. The van der Waals surface area contributed by atoms with E-state index in [1.807, 2.05) is 44.2 Å². The molecule has 1 aromatic rings. The molecule has 1 heterocycles. The van der Waals surface area contributed by atoms with Crippen LogP contribution in [0.15, 0.2) is 30.3 Å². The van der Waals surface area contributed by atoms with Crippen molar-refractivity contribution in [3.8, 4) is 0 Å². The van der Waals surface area contributed by atoms with E-state index in [2.05, 4.69) is 4.89 Å². The first-order valence-electron chi connectivity index (χ1n) is 5.28. The van der Waals surface area contributed by atoms with Gasteiger partial charge in [0.25, 0.3) is 0 Å². The van der Waals surface area contributed by atoms with Crippen LogP contribution < -0.4 is 0 Å². The Balaban J connectivity index is 1.87. The molecule has 1 aliphatic rings. The third-order valence-electron chi connectivity index (χ3n) is 2.73. The monoisotopic (exact) mass is 224 g/mol. The molecule has 1 saturated heterocycles. The van der Waals surface area contributed by atoms with Crippen LogP contribution in [0.25, 0.3) is 0 Å². The molecule has 0 radical (unpaired) electrons. The van der Waals surface area contributed by atoms with Crippen LogP contribution in [0.1, 0.15) is 25.7 Å². The summed E-state index contributed by atoms with van der Waals surface area (Å²) in [6.07, 6.45) is -0.671. The number of benzene rings is 1. The van der Waals surface area contributed by atoms with Gasteiger partial charge in [-0.3, -0.25) is 0 Å². The van der Waals surface area contributed by atoms with Crippen molar-refractivity contribution < 1.29 is 19.6 Å². The SMILES string of the molecule is CC1(C)OC1COC(OO)c1ccccc1. The van der Waals surface area contributed by atoms with Crippen LogP contribution in [-0.4, -0.2) is 23.6 Å². The topological polar surface area (TPSA) is 51.2 Å². The smallest absolute Gasteiger partial charge is 0.217 e. The number of rotatable bonds is 5. The van der Waals surface area contributed by atoms with Gasteiger partial charge in [0.2, 0.25) is 6.29 Å². The molecule has 4 heteroatoms.